The number of hydrogen-bond donors (Lipinski definition) is 2. The summed E-state index contributed by atoms with van der Waals surface area (Å²) in [5.41, 5.74) is 1.96. The second-order valence-corrected chi connectivity index (χ2v) is 5.65. The summed E-state index contributed by atoms with van der Waals surface area (Å²) in [6.45, 7) is 9.11. The first-order valence-corrected chi connectivity index (χ1v) is 6.55. The fraction of sp³-hybridized carbons (Fsp3) is 0.571. The number of rotatable bonds is 3. The lowest BCUT2D eigenvalue weighted by molar-refractivity contribution is -0.134. The molecule has 1 amide bonds. The molecule has 1 aromatic heterocycles. The number of aromatic amines is 1. The molecule has 2 heterocycles. The van der Waals surface area contributed by atoms with Gasteiger partial charge in [-0.1, -0.05) is 0 Å². The topological polar surface area (TPSA) is 65.2 Å². The highest BCUT2D eigenvalue weighted by Crippen LogP contribution is 2.19. The average Bonchev–Trinajstić information content (AvgIpc) is 2.65. The van der Waals surface area contributed by atoms with Gasteiger partial charge in [-0.2, -0.15) is 0 Å². The van der Waals surface area contributed by atoms with Crippen molar-refractivity contribution in [3.63, 3.8) is 0 Å². The second kappa shape index (κ2) is 4.81. The number of carbonyl (C=O) groups excluding carboxylic acids is 2. The SMILES string of the molecule is Cc1cc(C(=O)CN2CCNC(=O)C2(C)C)c(C)[nH]1. The molecule has 0 saturated carbocycles. The molecule has 0 aliphatic carbocycles. The van der Waals surface area contributed by atoms with E-state index in [1.54, 1.807) is 0 Å². The van der Waals surface area contributed by atoms with Crippen LogP contribution in [0.15, 0.2) is 6.07 Å². The maximum absolute atomic E-state index is 12.3. The Morgan fingerprint density at radius 2 is 2.11 bits per heavy atom. The van der Waals surface area contributed by atoms with Gasteiger partial charge in [0.1, 0.15) is 0 Å². The fourth-order valence-electron chi connectivity index (χ4n) is 2.49. The number of hydrogen-bond acceptors (Lipinski definition) is 3. The van der Waals surface area contributed by atoms with Gasteiger partial charge in [-0.25, -0.2) is 0 Å². The molecule has 1 aromatic rings. The third kappa shape index (κ3) is 2.56. The van der Waals surface area contributed by atoms with Crippen molar-refractivity contribution in [3.8, 4) is 0 Å². The summed E-state index contributed by atoms with van der Waals surface area (Å²) in [7, 11) is 0. The highest BCUT2D eigenvalue weighted by atomic mass is 16.2. The molecule has 0 atom stereocenters. The van der Waals surface area contributed by atoms with Gasteiger partial charge in [0.15, 0.2) is 5.78 Å². The molecule has 2 N–H and O–H groups in total. The molecule has 0 radical (unpaired) electrons. The summed E-state index contributed by atoms with van der Waals surface area (Å²) in [6.07, 6.45) is 0. The first-order valence-electron chi connectivity index (χ1n) is 6.55. The number of H-pyrrole nitrogens is 1. The van der Waals surface area contributed by atoms with Gasteiger partial charge in [0.2, 0.25) is 5.91 Å². The molecule has 1 aliphatic heterocycles. The lowest BCUT2D eigenvalue weighted by Crippen LogP contribution is -2.62. The summed E-state index contributed by atoms with van der Waals surface area (Å²) in [4.78, 5) is 29.3. The Hall–Kier alpha value is -1.62. The van der Waals surface area contributed by atoms with Crippen molar-refractivity contribution in [1.29, 1.82) is 0 Å². The van der Waals surface area contributed by atoms with Crippen molar-refractivity contribution in [1.82, 2.24) is 15.2 Å². The van der Waals surface area contributed by atoms with E-state index < -0.39 is 5.54 Å². The van der Waals surface area contributed by atoms with Gasteiger partial charge >= 0.3 is 0 Å². The highest BCUT2D eigenvalue weighted by molar-refractivity contribution is 5.99. The van der Waals surface area contributed by atoms with Crippen LogP contribution in [0, 0.1) is 13.8 Å². The molecule has 1 saturated heterocycles. The predicted molar refractivity (Wildman–Crippen MR) is 73.3 cm³/mol. The minimum absolute atomic E-state index is 0.0199. The number of amides is 1. The Kier molecular flexibility index (Phi) is 3.49. The Labute approximate surface area is 113 Å². The van der Waals surface area contributed by atoms with E-state index in [1.807, 2.05) is 38.7 Å². The molecule has 0 bridgehead atoms. The number of Topliss-reactive ketones (excluding diaryl/α,β-unsaturated/α-hetero) is 1. The fourth-order valence-corrected chi connectivity index (χ4v) is 2.49. The number of carbonyl (C=O) groups is 2. The smallest absolute Gasteiger partial charge is 0.240 e. The van der Waals surface area contributed by atoms with E-state index in [0.29, 0.717) is 13.1 Å². The van der Waals surface area contributed by atoms with Crippen LogP contribution in [0.2, 0.25) is 0 Å². The third-order valence-electron chi connectivity index (χ3n) is 3.80. The first kappa shape index (κ1) is 13.8. The lowest BCUT2D eigenvalue weighted by Gasteiger charge is -2.40. The normalized spacial score (nSPS) is 19.3. The molecule has 5 heteroatoms. The van der Waals surface area contributed by atoms with Crippen molar-refractivity contribution < 1.29 is 9.59 Å². The molecule has 0 unspecified atom stereocenters. The van der Waals surface area contributed by atoms with Crippen LogP contribution in [0.25, 0.3) is 0 Å². The lowest BCUT2D eigenvalue weighted by atomic mass is 9.98. The summed E-state index contributed by atoms with van der Waals surface area (Å²) in [5, 5.41) is 2.83. The monoisotopic (exact) mass is 263 g/mol. The van der Waals surface area contributed by atoms with E-state index in [2.05, 4.69) is 10.3 Å². The Morgan fingerprint density at radius 1 is 1.42 bits per heavy atom. The molecule has 1 aliphatic rings. The molecule has 0 aromatic carbocycles. The Balaban J connectivity index is 2.14. The summed E-state index contributed by atoms with van der Waals surface area (Å²) in [6, 6.07) is 1.87. The zero-order chi connectivity index (χ0) is 14.2. The average molecular weight is 263 g/mol. The van der Waals surface area contributed by atoms with Crippen molar-refractivity contribution in [2.24, 2.45) is 0 Å². The van der Waals surface area contributed by atoms with E-state index in [9.17, 15) is 9.59 Å². The van der Waals surface area contributed by atoms with Crippen LogP contribution >= 0.6 is 0 Å². The summed E-state index contributed by atoms with van der Waals surface area (Å²) >= 11 is 0. The molecular formula is C14H21N3O2. The van der Waals surface area contributed by atoms with Gasteiger partial charge < -0.3 is 10.3 Å². The van der Waals surface area contributed by atoms with Crippen molar-refractivity contribution in [3.05, 3.63) is 23.0 Å². The van der Waals surface area contributed by atoms with Crippen LogP contribution < -0.4 is 5.32 Å². The summed E-state index contributed by atoms with van der Waals surface area (Å²) in [5.74, 6) is 0.0400. The van der Waals surface area contributed by atoms with Gasteiger partial charge in [-0.05, 0) is 33.8 Å². The molecule has 104 valence electrons. The summed E-state index contributed by atoms with van der Waals surface area (Å²) < 4.78 is 0. The van der Waals surface area contributed by atoms with Crippen molar-refractivity contribution in [2.45, 2.75) is 33.2 Å². The number of aryl methyl sites for hydroxylation is 2. The number of nitrogens with zero attached hydrogens (tertiary/aromatic N) is 1. The minimum atomic E-state index is -0.632. The minimum Gasteiger partial charge on any atom is -0.362 e. The van der Waals surface area contributed by atoms with Crippen LogP contribution in [0.3, 0.4) is 0 Å². The maximum atomic E-state index is 12.3. The zero-order valence-corrected chi connectivity index (χ0v) is 12.0. The molecule has 0 spiro atoms. The van der Waals surface area contributed by atoms with Gasteiger partial charge in [0.25, 0.3) is 0 Å². The standard InChI is InChI=1S/C14H21N3O2/c1-9-7-11(10(2)16-9)12(18)8-17-6-5-15-13(19)14(17,3)4/h7,16H,5-6,8H2,1-4H3,(H,15,19). The molecule has 2 rings (SSSR count). The number of nitrogens with one attached hydrogen (secondary N) is 2. The number of aromatic nitrogens is 1. The van der Waals surface area contributed by atoms with E-state index in [1.165, 1.54) is 0 Å². The van der Waals surface area contributed by atoms with E-state index in [4.69, 9.17) is 0 Å². The van der Waals surface area contributed by atoms with E-state index in [-0.39, 0.29) is 18.2 Å². The second-order valence-electron chi connectivity index (χ2n) is 5.65. The number of ketones is 1. The third-order valence-corrected chi connectivity index (χ3v) is 3.80. The Morgan fingerprint density at radius 3 is 2.68 bits per heavy atom. The maximum Gasteiger partial charge on any atom is 0.240 e. The van der Waals surface area contributed by atoms with Gasteiger partial charge in [-0.15, -0.1) is 0 Å². The Bertz CT molecular complexity index is 517. The molecule has 5 nitrogen and oxygen atoms in total. The highest BCUT2D eigenvalue weighted by Gasteiger charge is 2.38. The quantitative estimate of drug-likeness (QED) is 0.800. The van der Waals surface area contributed by atoms with E-state index in [0.717, 1.165) is 17.0 Å². The van der Waals surface area contributed by atoms with Crippen LogP contribution in [0.5, 0.6) is 0 Å². The molecule has 1 fully saturated rings. The van der Waals surface area contributed by atoms with Crippen molar-refractivity contribution >= 4 is 11.7 Å². The first-order chi connectivity index (χ1) is 8.82. The van der Waals surface area contributed by atoms with Gasteiger partial charge in [0.05, 0.1) is 12.1 Å². The van der Waals surface area contributed by atoms with Gasteiger partial charge in [0, 0.05) is 30.0 Å². The zero-order valence-electron chi connectivity index (χ0n) is 12.0. The van der Waals surface area contributed by atoms with Crippen molar-refractivity contribution in [2.75, 3.05) is 19.6 Å². The molecular weight excluding hydrogens is 242 g/mol. The van der Waals surface area contributed by atoms with E-state index >= 15 is 0 Å². The van der Waals surface area contributed by atoms with Gasteiger partial charge in [-0.3, -0.25) is 14.5 Å². The van der Waals surface area contributed by atoms with Crippen LogP contribution in [0.4, 0.5) is 0 Å². The number of piperazine rings is 1. The molecule has 19 heavy (non-hydrogen) atoms. The predicted octanol–water partition coefficient (Wildman–Crippen LogP) is 1.02. The van der Waals surface area contributed by atoms with Crippen LogP contribution in [-0.2, 0) is 4.79 Å². The van der Waals surface area contributed by atoms with Crippen LogP contribution in [-0.4, -0.2) is 46.7 Å². The largest absolute Gasteiger partial charge is 0.362 e. The van der Waals surface area contributed by atoms with Crippen LogP contribution in [0.1, 0.15) is 35.6 Å².